The van der Waals surface area contributed by atoms with Gasteiger partial charge in [0.05, 0.1) is 12.6 Å². The fraction of sp³-hybridized carbons (Fsp3) is 0.433. The zero-order chi connectivity index (χ0) is 26.3. The molecule has 5 rings (SSSR count). The molecule has 37 heavy (non-hydrogen) atoms. The Labute approximate surface area is 215 Å². The van der Waals surface area contributed by atoms with E-state index in [9.17, 15) is 9.18 Å². The summed E-state index contributed by atoms with van der Waals surface area (Å²) in [5.74, 6) is -1.17. The van der Waals surface area contributed by atoms with Crippen LogP contribution in [0.15, 0.2) is 52.2 Å². The third-order valence-corrected chi connectivity index (χ3v) is 7.88. The lowest BCUT2D eigenvalue weighted by Gasteiger charge is -2.18. The molecule has 1 aliphatic carbocycles. The average Bonchev–Trinajstić information content (AvgIpc) is 3.38. The molecule has 0 aliphatic heterocycles. The van der Waals surface area contributed by atoms with Gasteiger partial charge >= 0.3 is 5.63 Å². The molecule has 0 amide bonds. The molecule has 0 spiro atoms. The average molecular weight is 508 g/mol. The van der Waals surface area contributed by atoms with Crippen LogP contribution in [0.25, 0.3) is 22.3 Å². The number of pyridine rings is 1. The minimum Gasteiger partial charge on any atom is -0.383 e. The van der Waals surface area contributed by atoms with Crippen molar-refractivity contribution in [3.63, 3.8) is 0 Å². The number of rotatable bonds is 9. The van der Waals surface area contributed by atoms with E-state index in [-0.39, 0.29) is 0 Å². The van der Waals surface area contributed by atoms with Gasteiger partial charge < -0.3 is 4.42 Å². The smallest absolute Gasteiger partial charge is 0.383 e. The van der Waals surface area contributed by atoms with Gasteiger partial charge in [0.25, 0.3) is 17.4 Å². The number of aryl methyl sites for hydroxylation is 3. The Balaban J connectivity index is 1.69. The summed E-state index contributed by atoms with van der Waals surface area (Å²) in [7, 11) is 1.85. The van der Waals surface area contributed by atoms with E-state index in [1.165, 1.54) is 25.3 Å². The van der Waals surface area contributed by atoms with Crippen LogP contribution < -0.4 is 20.3 Å². The van der Waals surface area contributed by atoms with Crippen LogP contribution >= 0.6 is 0 Å². The van der Waals surface area contributed by atoms with E-state index >= 15 is 4.39 Å². The Morgan fingerprint density at radius 1 is 1.11 bits per heavy atom. The largest absolute Gasteiger partial charge is 0.391 e. The first-order valence-electron chi connectivity index (χ1n) is 13.4. The summed E-state index contributed by atoms with van der Waals surface area (Å²) in [5, 5.41) is 0. The maximum absolute atomic E-state index is 15.7. The molecule has 0 N–H and O–H groups in total. The first-order chi connectivity index (χ1) is 17.8. The molecule has 0 bridgehead atoms. The van der Waals surface area contributed by atoms with Gasteiger partial charge in [-0.1, -0.05) is 33.1 Å². The van der Waals surface area contributed by atoms with E-state index < -0.39 is 22.7 Å². The SMILES string of the molecule is CCCCCCc1cc[n+](CC)c(-c2c(F)cc(F)cc2C2(CC)CC2=c2oc(=O)c3c[n+](C)cn23)c1. The highest BCUT2D eigenvalue weighted by Crippen LogP contribution is 2.59. The summed E-state index contributed by atoms with van der Waals surface area (Å²) in [6.45, 7) is 6.90. The second kappa shape index (κ2) is 9.84. The van der Waals surface area contributed by atoms with Gasteiger partial charge in [-0.15, -0.1) is 0 Å². The lowest BCUT2D eigenvalue weighted by molar-refractivity contribution is -0.682. The van der Waals surface area contributed by atoms with E-state index in [1.807, 2.05) is 31.7 Å². The molecule has 0 saturated heterocycles. The lowest BCUT2D eigenvalue weighted by atomic mass is 9.86. The van der Waals surface area contributed by atoms with Crippen LogP contribution in [0.3, 0.4) is 0 Å². The quantitative estimate of drug-likeness (QED) is 0.243. The maximum atomic E-state index is 15.7. The Morgan fingerprint density at radius 2 is 1.92 bits per heavy atom. The summed E-state index contributed by atoms with van der Waals surface area (Å²) >= 11 is 0. The van der Waals surface area contributed by atoms with Crippen molar-refractivity contribution in [3.05, 3.63) is 81.7 Å². The number of unbranched alkanes of at least 4 members (excludes halogenated alkanes) is 3. The van der Waals surface area contributed by atoms with Crippen molar-refractivity contribution in [1.82, 2.24) is 4.40 Å². The fourth-order valence-electron chi connectivity index (χ4n) is 5.75. The van der Waals surface area contributed by atoms with Crippen LogP contribution in [0.5, 0.6) is 0 Å². The van der Waals surface area contributed by atoms with E-state index in [2.05, 4.69) is 19.1 Å². The molecule has 1 atom stereocenters. The summed E-state index contributed by atoms with van der Waals surface area (Å²) in [6.07, 6.45) is 12.3. The summed E-state index contributed by atoms with van der Waals surface area (Å²) in [4.78, 5) is 12.5. The van der Waals surface area contributed by atoms with E-state index in [1.54, 1.807) is 21.5 Å². The van der Waals surface area contributed by atoms with Gasteiger partial charge in [0, 0.05) is 29.2 Å². The van der Waals surface area contributed by atoms with Crippen molar-refractivity contribution in [1.29, 1.82) is 0 Å². The van der Waals surface area contributed by atoms with E-state index in [0.717, 1.165) is 35.7 Å². The Hall–Kier alpha value is -3.35. The molecule has 3 heterocycles. The zero-order valence-corrected chi connectivity index (χ0v) is 22.1. The minimum absolute atomic E-state index is 0.412. The van der Waals surface area contributed by atoms with Gasteiger partial charge in [0.2, 0.25) is 5.69 Å². The van der Waals surface area contributed by atoms with Gasteiger partial charge in [0.15, 0.2) is 6.20 Å². The molecule has 4 aromatic rings. The number of benzene rings is 1. The molecule has 3 aromatic heterocycles. The van der Waals surface area contributed by atoms with Gasteiger partial charge in [-0.2, -0.15) is 8.97 Å². The number of hydrogen-bond acceptors (Lipinski definition) is 2. The molecule has 1 unspecified atom stereocenters. The minimum atomic E-state index is -0.610. The molecule has 194 valence electrons. The van der Waals surface area contributed by atoms with E-state index in [0.29, 0.717) is 41.6 Å². The number of halogens is 2. The van der Waals surface area contributed by atoms with Crippen LogP contribution in [-0.2, 0) is 25.4 Å². The highest BCUT2D eigenvalue weighted by molar-refractivity contribution is 5.81. The number of imidazole rings is 1. The molecule has 5 nitrogen and oxygen atoms in total. The predicted octanol–water partition coefficient (Wildman–Crippen LogP) is 4.71. The summed E-state index contributed by atoms with van der Waals surface area (Å²) < 4.78 is 41.7. The van der Waals surface area contributed by atoms with Crippen molar-refractivity contribution in [2.24, 2.45) is 7.05 Å². The van der Waals surface area contributed by atoms with Crippen LogP contribution in [0.4, 0.5) is 8.78 Å². The topological polar surface area (TPSA) is 42.4 Å². The molecule has 1 saturated carbocycles. The number of fused-ring (bicyclic) bond motifs is 1. The van der Waals surface area contributed by atoms with Crippen molar-refractivity contribution >= 4 is 11.1 Å². The van der Waals surface area contributed by atoms with E-state index in [4.69, 9.17) is 4.42 Å². The number of aromatic nitrogens is 3. The number of hydrogen-bond donors (Lipinski definition) is 0. The molecule has 7 heteroatoms. The molecule has 1 aromatic carbocycles. The first-order valence-corrected chi connectivity index (χ1v) is 13.4. The standard InChI is InChI=1S/C30H35F2N3O2/c1-5-8-9-10-11-20-12-13-34(7-3)25(14-20)27-22(15-21(31)16-24(27)32)30(6-2)17-23(30)28-35-19-33(4)18-26(35)29(36)37-28/h12-16,18-19H,5-11,17H2,1-4H3/q+2. The summed E-state index contributed by atoms with van der Waals surface area (Å²) in [5.41, 5.74) is 3.73. The van der Waals surface area contributed by atoms with Crippen LogP contribution in [0, 0.1) is 11.6 Å². The molecule has 1 fully saturated rings. The van der Waals surface area contributed by atoms with Gasteiger partial charge in [-0.3, -0.25) is 0 Å². The third-order valence-electron chi connectivity index (χ3n) is 7.88. The highest BCUT2D eigenvalue weighted by atomic mass is 19.1. The molecule has 1 aliphatic rings. The van der Waals surface area contributed by atoms with Crippen LogP contribution in [0.1, 0.15) is 70.4 Å². The van der Waals surface area contributed by atoms with Crippen molar-refractivity contribution in [3.8, 4) is 11.3 Å². The Morgan fingerprint density at radius 3 is 2.65 bits per heavy atom. The second-order valence-electron chi connectivity index (χ2n) is 10.3. The molecular formula is C30H35F2N3O2+2. The van der Waals surface area contributed by atoms with Crippen molar-refractivity contribution in [2.75, 3.05) is 0 Å². The third kappa shape index (κ3) is 4.38. The molecule has 0 radical (unpaired) electrons. The zero-order valence-electron chi connectivity index (χ0n) is 22.1. The van der Waals surface area contributed by atoms with Crippen LogP contribution in [-0.4, -0.2) is 4.40 Å². The lowest BCUT2D eigenvalue weighted by Crippen LogP contribution is -2.35. The maximum Gasteiger partial charge on any atom is 0.391 e. The van der Waals surface area contributed by atoms with Gasteiger partial charge in [-0.25, -0.2) is 18.1 Å². The van der Waals surface area contributed by atoms with Crippen molar-refractivity contribution < 1.29 is 22.3 Å². The van der Waals surface area contributed by atoms with Crippen LogP contribution in [0.2, 0.25) is 0 Å². The molecular weight excluding hydrogens is 472 g/mol. The summed E-state index contributed by atoms with van der Waals surface area (Å²) in [6, 6.07) is 6.61. The number of nitrogens with zero attached hydrogens (tertiary/aromatic N) is 3. The Kier molecular flexibility index (Phi) is 6.73. The second-order valence-corrected chi connectivity index (χ2v) is 10.3. The highest BCUT2D eigenvalue weighted by Gasteiger charge is 2.54. The normalized spacial score (nSPS) is 18.6. The monoisotopic (exact) mass is 507 g/mol. The van der Waals surface area contributed by atoms with Gasteiger partial charge in [0.1, 0.15) is 24.4 Å². The first kappa shape index (κ1) is 25.3. The van der Waals surface area contributed by atoms with Crippen molar-refractivity contribution in [2.45, 2.75) is 77.7 Å². The Bertz CT molecular complexity index is 1590. The fourth-order valence-corrected chi connectivity index (χ4v) is 5.75. The number of oxazole rings is 1. The van der Waals surface area contributed by atoms with Gasteiger partial charge in [-0.05, 0) is 49.8 Å². The predicted molar refractivity (Wildman–Crippen MR) is 138 cm³/mol.